The van der Waals surface area contributed by atoms with E-state index < -0.39 is 0 Å². The average Bonchev–Trinajstić information content (AvgIpc) is 2.32. The lowest BCUT2D eigenvalue weighted by atomic mass is 10.2. The van der Waals surface area contributed by atoms with Crippen molar-refractivity contribution in [3.05, 3.63) is 39.9 Å². The molecule has 1 N–H and O–H groups in total. The molecule has 0 aliphatic heterocycles. The first-order chi connectivity index (χ1) is 8.24. The second kappa shape index (κ2) is 8.54. The molecule has 0 fully saturated rings. The maximum absolute atomic E-state index is 6.04. The van der Waals surface area contributed by atoms with Crippen LogP contribution in [0.15, 0.2) is 24.3 Å². The molecule has 1 aromatic rings. The number of hydrogen-bond acceptors (Lipinski definition) is 2. The Balaban J connectivity index is 2.30. The highest BCUT2D eigenvalue weighted by atomic mass is 35.5. The smallest absolute Gasteiger partial charge is 0.0587 e. The molecule has 0 aliphatic carbocycles. The van der Waals surface area contributed by atoms with Crippen LogP contribution in [0, 0.1) is 0 Å². The van der Waals surface area contributed by atoms with Crippen molar-refractivity contribution in [2.45, 2.75) is 6.42 Å². The molecule has 0 aromatic heterocycles. The Morgan fingerprint density at radius 3 is 2.88 bits per heavy atom. The number of benzene rings is 1. The molecule has 94 valence electrons. The molecular weight excluding hydrogens is 257 g/mol. The van der Waals surface area contributed by atoms with Gasteiger partial charge in [0.05, 0.1) is 6.61 Å². The summed E-state index contributed by atoms with van der Waals surface area (Å²) in [5.74, 6) is 0. The van der Waals surface area contributed by atoms with Crippen molar-refractivity contribution in [3.8, 4) is 0 Å². The molecule has 0 atom stereocenters. The molecule has 0 amide bonds. The van der Waals surface area contributed by atoms with Crippen LogP contribution in [0.5, 0.6) is 0 Å². The summed E-state index contributed by atoms with van der Waals surface area (Å²) in [5, 5.41) is 4.68. The Bertz CT molecular complexity index is 366. The Morgan fingerprint density at radius 1 is 1.29 bits per heavy atom. The monoisotopic (exact) mass is 273 g/mol. The van der Waals surface area contributed by atoms with E-state index in [9.17, 15) is 0 Å². The molecule has 0 saturated carbocycles. The third-order valence-corrected chi connectivity index (χ3v) is 2.81. The van der Waals surface area contributed by atoms with Gasteiger partial charge in [0, 0.05) is 23.7 Å². The average molecular weight is 274 g/mol. The SMILES string of the molecule is COCCNCCC=Cc1cc(Cl)ccc1Cl. The van der Waals surface area contributed by atoms with E-state index in [0.29, 0.717) is 5.02 Å². The summed E-state index contributed by atoms with van der Waals surface area (Å²) >= 11 is 11.9. The standard InChI is InChI=1S/C13H17Cl2NO/c1-17-9-8-16-7-3-2-4-11-10-12(14)5-6-13(11)15/h2,4-6,10,16H,3,7-9H2,1H3. The molecule has 0 heterocycles. The number of rotatable bonds is 7. The number of methoxy groups -OCH3 is 1. The molecule has 0 unspecified atom stereocenters. The highest BCUT2D eigenvalue weighted by Gasteiger charge is 1.96. The van der Waals surface area contributed by atoms with Crippen LogP contribution in [0.2, 0.25) is 10.0 Å². The molecule has 4 heteroatoms. The maximum atomic E-state index is 6.04. The van der Waals surface area contributed by atoms with Gasteiger partial charge in [0.25, 0.3) is 0 Å². The topological polar surface area (TPSA) is 21.3 Å². The second-order valence-corrected chi connectivity index (χ2v) is 4.44. The number of nitrogens with one attached hydrogen (secondary N) is 1. The zero-order valence-electron chi connectivity index (χ0n) is 9.88. The van der Waals surface area contributed by atoms with E-state index in [4.69, 9.17) is 27.9 Å². The molecule has 0 saturated heterocycles. The van der Waals surface area contributed by atoms with E-state index in [1.54, 1.807) is 19.2 Å². The van der Waals surface area contributed by atoms with Gasteiger partial charge in [-0.2, -0.15) is 0 Å². The molecule has 0 aliphatic rings. The zero-order chi connectivity index (χ0) is 12.5. The van der Waals surface area contributed by atoms with Crippen LogP contribution in [-0.4, -0.2) is 26.8 Å². The fourth-order valence-electron chi connectivity index (χ4n) is 1.34. The molecule has 0 radical (unpaired) electrons. The first-order valence-electron chi connectivity index (χ1n) is 5.55. The van der Waals surface area contributed by atoms with Gasteiger partial charge in [0.2, 0.25) is 0 Å². The lowest BCUT2D eigenvalue weighted by Gasteiger charge is -2.01. The fourth-order valence-corrected chi connectivity index (χ4v) is 1.70. The first kappa shape index (κ1) is 14.5. The minimum atomic E-state index is 0.701. The molecular formula is C13H17Cl2NO. The van der Waals surface area contributed by atoms with Crippen LogP contribution in [0.4, 0.5) is 0 Å². The van der Waals surface area contributed by atoms with Crippen molar-refractivity contribution in [2.24, 2.45) is 0 Å². The summed E-state index contributed by atoms with van der Waals surface area (Å²) in [6, 6.07) is 5.45. The second-order valence-electron chi connectivity index (χ2n) is 3.60. The molecule has 0 bridgehead atoms. The Morgan fingerprint density at radius 2 is 2.12 bits per heavy atom. The molecule has 1 aromatic carbocycles. The Labute approximate surface area is 113 Å². The van der Waals surface area contributed by atoms with Crippen molar-refractivity contribution in [1.29, 1.82) is 0 Å². The van der Waals surface area contributed by atoms with Crippen LogP contribution in [-0.2, 0) is 4.74 Å². The summed E-state index contributed by atoms with van der Waals surface area (Å²) < 4.78 is 4.93. The molecule has 0 spiro atoms. The predicted molar refractivity (Wildman–Crippen MR) is 74.9 cm³/mol. The largest absolute Gasteiger partial charge is 0.383 e. The van der Waals surface area contributed by atoms with Crippen molar-refractivity contribution in [2.75, 3.05) is 26.8 Å². The van der Waals surface area contributed by atoms with E-state index in [1.807, 2.05) is 12.1 Å². The van der Waals surface area contributed by atoms with Crippen LogP contribution < -0.4 is 5.32 Å². The van der Waals surface area contributed by atoms with Gasteiger partial charge in [-0.15, -0.1) is 0 Å². The van der Waals surface area contributed by atoms with Crippen LogP contribution in [0.25, 0.3) is 6.08 Å². The van der Waals surface area contributed by atoms with Crippen molar-refractivity contribution in [1.82, 2.24) is 5.32 Å². The van der Waals surface area contributed by atoms with E-state index in [-0.39, 0.29) is 0 Å². The van der Waals surface area contributed by atoms with Crippen molar-refractivity contribution in [3.63, 3.8) is 0 Å². The third kappa shape index (κ3) is 6.08. The zero-order valence-corrected chi connectivity index (χ0v) is 11.4. The first-order valence-corrected chi connectivity index (χ1v) is 6.31. The summed E-state index contributed by atoms with van der Waals surface area (Å²) in [6.45, 7) is 2.55. The quantitative estimate of drug-likeness (QED) is 0.766. The maximum Gasteiger partial charge on any atom is 0.0587 e. The van der Waals surface area contributed by atoms with E-state index in [1.165, 1.54) is 0 Å². The van der Waals surface area contributed by atoms with Gasteiger partial charge in [-0.1, -0.05) is 35.4 Å². The predicted octanol–water partition coefficient (Wildman–Crippen LogP) is 3.63. The molecule has 2 nitrogen and oxygen atoms in total. The van der Waals surface area contributed by atoms with Gasteiger partial charge in [0.1, 0.15) is 0 Å². The summed E-state index contributed by atoms with van der Waals surface area (Å²) in [4.78, 5) is 0. The Kier molecular flexibility index (Phi) is 7.29. The minimum Gasteiger partial charge on any atom is -0.383 e. The van der Waals surface area contributed by atoms with Crippen LogP contribution in [0.1, 0.15) is 12.0 Å². The van der Waals surface area contributed by atoms with Crippen molar-refractivity contribution >= 4 is 29.3 Å². The van der Waals surface area contributed by atoms with Gasteiger partial charge in [-0.25, -0.2) is 0 Å². The highest BCUT2D eigenvalue weighted by Crippen LogP contribution is 2.21. The van der Waals surface area contributed by atoms with E-state index >= 15 is 0 Å². The lowest BCUT2D eigenvalue weighted by molar-refractivity contribution is 0.199. The van der Waals surface area contributed by atoms with Crippen LogP contribution in [0.3, 0.4) is 0 Å². The Hall–Kier alpha value is -0.540. The third-order valence-electron chi connectivity index (χ3n) is 2.23. The summed E-state index contributed by atoms with van der Waals surface area (Å²) in [6.07, 6.45) is 5.02. The highest BCUT2D eigenvalue weighted by molar-refractivity contribution is 6.34. The van der Waals surface area contributed by atoms with E-state index in [0.717, 1.165) is 36.7 Å². The van der Waals surface area contributed by atoms with Gasteiger partial charge in [-0.05, 0) is 36.7 Å². The summed E-state index contributed by atoms with van der Waals surface area (Å²) in [5.41, 5.74) is 0.955. The normalized spacial score (nSPS) is 11.2. The van der Waals surface area contributed by atoms with Crippen LogP contribution >= 0.6 is 23.2 Å². The molecule has 17 heavy (non-hydrogen) atoms. The van der Waals surface area contributed by atoms with Crippen molar-refractivity contribution < 1.29 is 4.74 Å². The van der Waals surface area contributed by atoms with Gasteiger partial charge < -0.3 is 10.1 Å². The minimum absolute atomic E-state index is 0.701. The fraction of sp³-hybridized carbons (Fsp3) is 0.385. The number of halogens is 2. The summed E-state index contributed by atoms with van der Waals surface area (Å²) in [7, 11) is 1.70. The molecule has 1 rings (SSSR count). The number of ether oxygens (including phenoxy) is 1. The number of hydrogen-bond donors (Lipinski definition) is 1. The lowest BCUT2D eigenvalue weighted by Crippen LogP contribution is -2.19. The van der Waals surface area contributed by atoms with Gasteiger partial charge in [-0.3, -0.25) is 0 Å². The van der Waals surface area contributed by atoms with Gasteiger partial charge >= 0.3 is 0 Å². The van der Waals surface area contributed by atoms with Gasteiger partial charge in [0.15, 0.2) is 0 Å². The van der Waals surface area contributed by atoms with E-state index in [2.05, 4.69) is 11.4 Å².